The molecule has 13 heavy (non-hydrogen) atoms. The van der Waals surface area contributed by atoms with Gasteiger partial charge in [-0.05, 0) is 20.3 Å². The second-order valence-electron chi connectivity index (χ2n) is 3.20. The molecule has 0 bridgehead atoms. The molecule has 0 saturated carbocycles. The van der Waals surface area contributed by atoms with Gasteiger partial charge in [0.15, 0.2) is 0 Å². The highest BCUT2D eigenvalue weighted by atomic mass is 16.3. The number of aliphatic hydroxyl groups excluding tert-OH is 1. The molecule has 1 rings (SSSR count). The van der Waals surface area contributed by atoms with E-state index in [2.05, 4.69) is 16.9 Å². The Hall–Kier alpha value is -0.960. The van der Waals surface area contributed by atoms with Crippen LogP contribution in [0.4, 0.5) is 0 Å². The molecule has 0 amide bonds. The standard InChI is InChI=1S/C10H16N2O/c1-4-5-10-11-7(2)9(6-13)8(3)12-10/h13H,4-6H2,1-3H3. The Morgan fingerprint density at radius 1 is 1.15 bits per heavy atom. The molecular formula is C10H16N2O. The van der Waals surface area contributed by atoms with E-state index < -0.39 is 0 Å². The smallest absolute Gasteiger partial charge is 0.128 e. The maximum Gasteiger partial charge on any atom is 0.128 e. The fourth-order valence-electron chi connectivity index (χ4n) is 1.37. The van der Waals surface area contributed by atoms with Crippen molar-refractivity contribution in [3.8, 4) is 0 Å². The minimum atomic E-state index is 0.0318. The summed E-state index contributed by atoms with van der Waals surface area (Å²) in [5, 5.41) is 9.04. The lowest BCUT2D eigenvalue weighted by molar-refractivity contribution is 0.279. The molecule has 0 fully saturated rings. The van der Waals surface area contributed by atoms with Crippen LogP contribution in [0.15, 0.2) is 0 Å². The molecule has 0 radical (unpaired) electrons. The summed E-state index contributed by atoms with van der Waals surface area (Å²) >= 11 is 0. The van der Waals surface area contributed by atoms with E-state index in [9.17, 15) is 0 Å². The Morgan fingerprint density at radius 3 is 2.08 bits per heavy atom. The van der Waals surface area contributed by atoms with Gasteiger partial charge < -0.3 is 5.11 Å². The van der Waals surface area contributed by atoms with E-state index in [-0.39, 0.29) is 6.61 Å². The molecule has 0 atom stereocenters. The fraction of sp³-hybridized carbons (Fsp3) is 0.600. The van der Waals surface area contributed by atoms with Gasteiger partial charge in [-0.2, -0.15) is 0 Å². The van der Waals surface area contributed by atoms with Gasteiger partial charge in [0.1, 0.15) is 5.82 Å². The number of aliphatic hydroxyl groups is 1. The van der Waals surface area contributed by atoms with Crippen molar-refractivity contribution in [2.45, 2.75) is 40.2 Å². The Labute approximate surface area is 78.9 Å². The Bertz CT molecular complexity index is 274. The molecule has 72 valence electrons. The molecule has 1 N–H and O–H groups in total. The lowest BCUT2D eigenvalue weighted by Crippen LogP contribution is -2.05. The van der Waals surface area contributed by atoms with Crippen molar-refractivity contribution in [3.63, 3.8) is 0 Å². The second-order valence-corrected chi connectivity index (χ2v) is 3.20. The van der Waals surface area contributed by atoms with Crippen LogP contribution in [0.2, 0.25) is 0 Å². The third kappa shape index (κ3) is 2.25. The van der Waals surface area contributed by atoms with Crippen LogP contribution >= 0.6 is 0 Å². The zero-order valence-corrected chi connectivity index (χ0v) is 8.46. The first-order valence-electron chi connectivity index (χ1n) is 4.62. The summed E-state index contributed by atoms with van der Waals surface area (Å²) in [6, 6.07) is 0. The number of rotatable bonds is 3. The minimum absolute atomic E-state index is 0.0318. The van der Waals surface area contributed by atoms with Crippen LogP contribution in [-0.4, -0.2) is 15.1 Å². The van der Waals surface area contributed by atoms with E-state index in [1.165, 1.54) is 0 Å². The van der Waals surface area contributed by atoms with E-state index in [1.54, 1.807) is 0 Å². The predicted molar refractivity (Wildman–Crippen MR) is 51.4 cm³/mol. The molecule has 0 aliphatic carbocycles. The van der Waals surface area contributed by atoms with Crippen molar-refractivity contribution in [3.05, 3.63) is 22.8 Å². The average molecular weight is 180 g/mol. The highest BCUT2D eigenvalue weighted by Gasteiger charge is 2.06. The summed E-state index contributed by atoms with van der Waals surface area (Å²) in [7, 11) is 0. The summed E-state index contributed by atoms with van der Waals surface area (Å²) < 4.78 is 0. The number of aromatic nitrogens is 2. The first-order valence-corrected chi connectivity index (χ1v) is 4.62. The molecule has 0 saturated heterocycles. The van der Waals surface area contributed by atoms with Crippen molar-refractivity contribution < 1.29 is 5.11 Å². The van der Waals surface area contributed by atoms with Gasteiger partial charge in [0.2, 0.25) is 0 Å². The quantitative estimate of drug-likeness (QED) is 0.767. The van der Waals surface area contributed by atoms with Crippen LogP contribution in [0.3, 0.4) is 0 Å². The first kappa shape index (κ1) is 10.1. The lowest BCUT2D eigenvalue weighted by atomic mass is 10.2. The molecule has 0 aromatic carbocycles. The monoisotopic (exact) mass is 180 g/mol. The lowest BCUT2D eigenvalue weighted by Gasteiger charge is -2.07. The molecular weight excluding hydrogens is 164 g/mol. The molecule has 3 heteroatoms. The largest absolute Gasteiger partial charge is 0.392 e. The fourth-order valence-corrected chi connectivity index (χ4v) is 1.37. The van der Waals surface area contributed by atoms with Crippen LogP contribution in [0.5, 0.6) is 0 Å². The molecule has 0 unspecified atom stereocenters. The molecule has 1 aromatic rings. The van der Waals surface area contributed by atoms with Gasteiger partial charge in [-0.15, -0.1) is 0 Å². The summed E-state index contributed by atoms with van der Waals surface area (Å²) in [4.78, 5) is 8.65. The SMILES string of the molecule is CCCc1nc(C)c(CO)c(C)n1. The molecule has 1 aromatic heterocycles. The van der Waals surface area contributed by atoms with E-state index in [4.69, 9.17) is 5.11 Å². The van der Waals surface area contributed by atoms with Crippen molar-refractivity contribution in [2.24, 2.45) is 0 Å². The van der Waals surface area contributed by atoms with Gasteiger partial charge in [-0.1, -0.05) is 6.92 Å². The second kappa shape index (κ2) is 4.33. The van der Waals surface area contributed by atoms with Gasteiger partial charge >= 0.3 is 0 Å². The number of aryl methyl sites for hydroxylation is 3. The van der Waals surface area contributed by atoms with E-state index in [0.29, 0.717) is 0 Å². The third-order valence-electron chi connectivity index (χ3n) is 2.10. The van der Waals surface area contributed by atoms with Crippen LogP contribution in [0.1, 0.15) is 36.1 Å². The Balaban J connectivity index is 3.05. The van der Waals surface area contributed by atoms with E-state index >= 15 is 0 Å². The van der Waals surface area contributed by atoms with Crippen molar-refractivity contribution >= 4 is 0 Å². The van der Waals surface area contributed by atoms with Crippen LogP contribution in [0, 0.1) is 13.8 Å². The third-order valence-corrected chi connectivity index (χ3v) is 2.10. The summed E-state index contributed by atoms with van der Waals surface area (Å²) in [5.74, 6) is 0.884. The van der Waals surface area contributed by atoms with Crippen molar-refractivity contribution in [1.29, 1.82) is 0 Å². The zero-order chi connectivity index (χ0) is 9.84. The molecule has 0 aliphatic heterocycles. The molecule has 0 aliphatic rings. The summed E-state index contributed by atoms with van der Waals surface area (Å²) in [6.45, 7) is 5.97. The van der Waals surface area contributed by atoms with Crippen LogP contribution in [0.25, 0.3) is 0 Å². The van der Waals surface area contributed by atoms with Gasteiger partial charge in [-0.3, -0.25) is 0 Å². The van der Waals surface area contributed by atoms with Gasteiger partial charge in [0, 0.05) is 23.4 Å². The maximum atomic E-state index is 9.04. The highest BCUT2D eigenvalue weighted by molar-refractivity contribution is 5.23. The highest BCUT2D eigenvalue weighted by Crippen LogP contribution is 2.10. The van der Waals surface area contributed by atoms with Gasteiger partial charge in [-0.25, -0.2) is 9.97 Å². The van der Waals surface area contributed by atoms with Gasteiger partial charge in [0.05, 0.1) is 6.61 Å². The minimum Gasteiger partial charge on any atom is -0.392 e. The number of hydrogen-bond donors (Lipinski definition) is 1. The number of hydrogen-bond acceptors (Lipinski definition) is 3. The van der Waals surface area contributed by atoms with Crippen LogP contribution in [-0.2, 0) is 13.0 Å². The van der Waals surface area contributed by atoms with Crippen LogP contribution < -0.4 is 0 Å². The van der Waals surface area contributed by atoms with Crippen molar-refractivity contribution in [2.75, 3.05) is 0 Å². The summed E-state index contributed by atoms with van der Waals surface area (Å²) in [6.07, 6.45) is 1.96. The van der Waals surface area contributed by atoms with E-state index in [0.717, 1.165) is 35.6 Å². The Morgan fingerprint density at radius 2 is 1.69 bits per heavy atom. The number of nitrogens with zero attached hydrogens (tertiary/aromatic N) is 2. The van der Waals surface area contributed by atoms with Crippen molar-refractivity contribution in [1.82, 2.24) is 9.97 Å². The Kier molecular flexibility index (Phi) is 3.37. The molecule has 1 heterocycles. The first-order chi connectivity index (χ1) is 6.19. The molecule has 0 spiro atoms. The maximum absolute atomic E-state index is 9.04. The predicted octanol–water partition coefficient (Wildman–Crippen LogP) is 1.54. The zero-order valence-electron chi connectivity index (χ0n) is 8.46. The molecule has 3 nitrogen and oxygen atoms in total. The normalized spacial score (nSPS) is 10.5. The summed E-state index contributed by atoms with van der Waals surface area (Å²) in [5.41, 5.74) is 2.66. The topological polar surface area (TPSA) is 46.0 Å². The van der Waals surface area contributed by atoms with Gasteiger partial charge in [0.25, 0.3) is 0 Å². The average Bonchev–Trinajstić information content (AvgIpc) is 2.04. The van der Waals surface area contributed by atoms with E-state index in [1.807, 2.05) is 13.8 Å².